The van der Waals surface area contributed by atoms with Crippen LogP contribution in [0.1, 0.15) is 11.1 Å². The molecule has 0 saturated carbocycles. The fourth-order valence-corrected chi connectivity index (χ4v) is 1.51. The lowest BCUT2D eigenvalue weighted by molar-refractivity contribution is 0.282. The number of aliphatic hydroxyl groups is 1. The molecule has 0 unspecified atom stereocenters. The predicted octanol–water partition coefficient (Wildman–Crippen LogP) is 2.04. The summed E-state index contributed by atoms with van der Waals surface area (Å²) < 4.78 is 0. The molecule has 0 aliphatic rings. The number of aliphatic hydroxyl groups excluding tert-OH is 1. The van der Waals surface area contributed by atoms with Crippen molar-refractivity contribution < 1.29 is 5.11 Å². The molecule has 13 heavy (non-hydrogen) atoms. The first-order valence-corrected chi connectivity index (χ1v) is 4.27. The van der Waals surface area contributed by atoms with Gasteiger partial charge in [-0.2, -0.15) is 0 Å². The van der Waals surface area contributed by atoms with Crippen molar-refractivity contribution in [2.75, 3.05) is 0 Å². The molecule has 2 aromatic rings. The van der Waals surface area contributed by atoms with E-state index in [2.05, 4.69) is 4.98 Å². The highest BCUT2D eigenvalue weighted by Gasteiger charge is 2.03. The molecule has 0 saturated heterocycles. The van der Waals surface area contributed by atoms with Crippen LogP contribution in [0.2, 0.25) is 0 Å². The van der Waals surface area contributed by atoms with Gasteiger partial charge in [-0.1, -0.05) is 18.2 Å². The van der Waals surface area contributed by atoms with E-state index >= 15 is 0 Å². The van der Waals surface area contributed by atoms with Gasteiger partial charge >= 0.3 is 0 Å². The van der Waals surface area contributed by atoms with Crippen molar-refractivity contribution in [3.63, 3.8) is 0 Å². The zero-order chi connectivity index (χ0) is 9.26. The lowest BCUT2D eigenvalue weighted by Crippen LogP contribution is -1.92. The molecule has 0 atom stereocenters. The maximum Gasteiger partial charge on any atom is 0.0759 e. The second kappa shape index (κ2) is 3.15. The Morgan fingerprint density at radius 1 is 1.31 bits per heavy atom. The Labute approximate surface area is 76.9 Å². The molecule has 0 fully saturated rings. The van der Waals surface area contributed by atoms with E-state index in [0.29, 0.717) is 0 Å². The monoisotopic (exact) mass is 173 g/mol. The lowest BCUT2D eigenvalue weighted by Gasteiger charge is -2.05. The highest BCUT2D eigenvalue weighted by atomic mass is 16.3. The second-order valence-corrected chi connectivity index (χ2v) is 3.09. The van der Waals surface area contributed by atoms with Gasteiger partial charge in [-0.05, 0) is 18.6 Å². The number of fused-ring (bicyclic) bond motifs is 1. The molecule has 0 bridgehead atoms. The molecule has 2 rings (SSSR count). The Kier molecular flexibility index (Phi) is 1.99. The van der Waals surface area contributed by atoms with Crippen LogP contribution in [0, 0.1) is 6.92 Å². The third-order valence-electron chi connectivity index (χ3n) is 2.27. The van der Waals surface area contributed by atoms with Crippen LogP contribution in [0.15, 0.2) is 30.5 Å². The number of aromatic nitrogens is 1. The number of benzene rings is 1. The van der Waals surface area contributed by atoms with Gasteiger partial charge in [-0.15, -0.1) is 0 Å². The van der Waals surface area contributed by atoms with Crippen molar-refractivity contribution in [1.82, 2.24) is 4.98 Å². The van der Waals surface area contributed by atoms with Gasteiger partial charge in [-0.3, -0.25) is 4.98 Å². The SMILES string of the molecule is Cc1ccc2cccnc2c1CO. The van der Waals surface area contributed by atoms with Crippen molar-refractivity contribution >= 4 is 10.9 Å². The molecular formula is C11H11NO. The molecule has 0 aliphatic carbocycles. The smallest absolute Gasteiger partial charge is 0.0759 e. The van der Waals surface area contributed by atoms with Gasteiger partial charge in [0.15, 0.2) is 0 Å². The molecule has 1 aromatic carbocycles. The minimum atomic E-state index is 0.0557. The molecule has 1 heterocycles. The summed E-state index contributed by atoms with van der Waals surface area (Å²) in [5, 5.41) is 10.3. The van der Waals surface area contributed by atoms with Gasteiger partial charge in [0.25, 0.3) is 0 Å². The minimum Gasteiger partial charge on any atom is -0.392 e. The van der Waals surface area contributed by atoms with Crippen molar-refractivity contribution in [2.45, 2.75) is 13.5 Å². The molecule has 0 spiro atoms. The van der Waals surface area contributed by atoms with Crippen LogP contribution in [0.25, 0.3) is 10.9 Å². The minimum absolute atomic E-state index is 0.0557. The van der Waals surface area contributed by atoms with Crippen LogP contribution in [0.3, 0.4) is 0 Å². The first-order valence-electron chi connectivity index (χ1n) is 4.27. The Morgan fingerprint density at radius 3 is 2.92 bits per heavy atom. The van der Waals surface area contributed by atoms with E-state index in [9.17, 15) is 5.11 Å². The first-order chi connectivity index (χ1) is 6.33. The van der Waals surface area contributed by atoms with Crippen LogP contribution >= 0.6 is 0 Å². The topological polar surface area (TPSA) is 33.1 Å². The fourth-order valence-electron chi connectivity index (χ4n) is 1.51. The van der Waals surface area contributed by atoms with E-state index in [4.69, 9.17) is 0 Å². The normalized spacial score (nSPS) is 10.6. The number of nitrogens with zero attached hydrogens (tertiary/aromatic N) is 1. The third kappa shape index (κ3) is 1.29. The van der Waals surface area contributed by atoms with Crippen molar-refractivity contribution in [3.8, 4) is 0 Å². The third-order valence-corrected chi connectivity index (χ3v) is 2.27. The molecule has 0 radical (unpaired) electrons. The van der Waals surface area contributed by atoms with Crippen LogP contribution in [-0.2, 0) is 6.61 Å². The fraction of sp³-hybridized carbons (Fsp3) is 0.182. The number of hydrogen-bond donors (Lipinski definition) is 1. The van der Waals surface area contributed by atoms with Gasteiger partial charge in [0, 0.05) is 17.1 Å². The molecule has 2 nitrogen and oxygen atoms in total. The highest BCUT2D eigenvalue weighted by molar-refractivity contribution is 5.82. The van der Waals surface area contributed by atoms with Gasteiger partial charge in [0.1, 0.15) is 0 Å². The Hall–Kier alpha value is -1.41. The van der Waals surface area contributed by atoms with E-state index in [1.165, 1.54) is 0 Å². The van der Waals surface area contributed by atoms with Gasteiger partial charge in [-0.25, -0.2) is 0 Å². The standard InChI is InChI=1S/C11H11NO/c1-8-4-5-9-3-2-6-12-11(9)10(8)7-13/h2-6,13H,7H2,1H3. The number of pyridine rings is 1. The zero-order valence-corrected chi connectivity index (χ0v) is 7.49. The molecule has 0 amide bonds. The summed E-state index contributed by atoms with van der Waals surface area (Å²) in [7, 11) is 0. The Bertz CT molecular complexity index is 437. The van der Waals surface area contributed by atoms with Gasteiger partial charge < -0.3 is 5.11 Å². The Morgan fingerprint density at radius 2 is 2.15 bits per heavy atom. The molecule has 1 N–H and O–H groups in total. The molecule has 66 valence electrons. The summed E-state index contributed by atoms with van der Waals surface area (Å²) in [6.07, 6.45) is 1.75. The van der Waals surface area contributed by atoms with Crippen LogP contribution < -0.4 is 0 Å². The number of aryl methyl sites for hydroxylation is 1. The van der Waals surface area contributed by atoms with Crippen molar-refractivity contribution in [1.29, 1.82) is 0 Å². The highest BCUT2D eigenvalue weighted by Crippen LogP contribution is 2.19. The molecule has 0 aliphatic heterocycles. The van der Waals surface area contributed by atoms with E-state index in [1.54, 1.807) is 6.20 Å². The van der Waals surface area contributed by atoms with Crippen molar-refractivity contribution in [2.24, 2.45) is 0 Å². The summed E-state index contributed by atoms with van der Waals surface area (Å²) in [4.78, 5) is 4.25. The second-order valence-electron chi connectivity index (χ2n) is 3.09. The first kappa shape index (κ1) is 8.20. The Balaban J connectivity index is 2.84. The lowest BCUT2D eigenvalue weighted by atomic mass is 10.1. The molecule has 2 heteroatoms. The zero-order valence-electron chi connectivity index (χ0n) is 7.49. The van der Waals surface area contributed by atoms with E-state index in [-0.39, 0.29) is 6.61 Å². The quantitative estimate of drug-likeness (QED) is 0.715. The van der Waals surface area contributed by atoms with Crippen LogP contribution in [0.5, 0.6) is 0 Å². The maximum absolute atomic E-state index is 9.18. The summed E-state index contributed by atoms with van der Waals surface area (Å²) in [5.74, 6) is 0. The van der Waals surface area contributed by atoms with Crippen LogP contribution in [-0.4, -0.2) is 10.1 Å². The van der Waals surface area contributed by atoms with Gasteiger partial charge in [0.05, 0.1) is 12.1 Å². The molecular weight excluding hydrogens is 162 g/mol. The summed E-state index contributed by atoms with van der Waals surface area (Å²) in [6, 6.07) is 7.94. The maximum atomic E-state index is 9.18. The average molecular weight is 173 g/mol. The molecule has 1 aromatic heterocycles. The van der Waals surface area contributed by atoms with E-state index in [1.807, 2.05) is 31.2 Å². The van der Waals surface area contributed by atoms with Crippen molar-refractivity contribution in [3.05, 3.63) is 41.6 Å². The predicted molar refractivity (Wildman–Crippen MR) is 52.4 cm³/mol. The van der Waals surface area contributed by atoms with E-state index in [0.717, 1.165) is 22.0 Å². The largest absolute Gasteiger partial charge is 0.392 e. The summed E-state index contributed by atoms with van der Waals surface area (Å²) >= 11 is 0. The summed E-state index contributed by atoms with van der Waals surface area (Å²) in [5.41, 5.74) is 2.93. The average Bonchev–Trinajstić information content (AvgIpc) is 2.18. The van der Waals surface area contributed by atoms with Gasteiger partial charge in [0.2, 0.25) is 0 Å². The number of hydrogen-bond acceptors (Lipinski definition) is 2. The van der Waals surface area contributed by atoms with Crippen LogP contribution in [0.4, 0.5) is 0 Å². The number of rotatable bonds is 1. The van der Waals surface area contributed by atoms with E-state index < -0.39 is 0 Å². The summed E-state index contributed by atoms with van der Waals surface area (Å²) in [6.45, 7) is 2.04.